The molecule has 1 unspecified atom stereocenters. The highest BCUT2D eigenvalue weighted by molar-refractivity contribution is 5.81. The van der Waals surface area contributed by atoms with E-state index in [9.17, 15) is 4.79 Å². The third kappa shape index (κ3) is 2.89. The van der Waals surface area contributed by atoms with E-state index in [4.69, 9.17) is 0 Å². The summed E-state index contributed by atoms with van der Waals surface area (Å²) in [7, 11) is 2.37. The minimum atomic E-state index is 0.427. The van der Waals surface area contributed by atoms with Crippen molar-refractivity contribution in [2.45, 2.75) is 25.7 Å². The predicted molar refractivity (Wildman–Crippen MR) is 76.8 cm³/mol. The maximum Gasteiger partial charge on any atom is 0.137 e. The maximum absolute atomic E-state index is 12.3. The van der Waals surface area contributed by atoms with Gasteiger partial charge in [-0.15, -0.1) is 0 Å². The van der Waals surface area contributed by atoms with Crippen molar-refractivity contribution in [1.82, 2.24) is 0 Å². The molecule has 0 aromatic heterocycles. The second-order valence-corrected chi connectivity index (χ2v) is 6.75. The fraction of sp³-hybridized carbons (Fsp3) is 0.588. The predicted octanol–water partition coefficient (Wildman–Crippen LogP) is 2.67. The Labute approximate surface area is 116 Å². The molecule has 3 aliphatic heterocycles. The SMILES string of the molecule is C[N+]12CCC(CC1)C(CC(=O)Cc1ccccc1)C2. The van der Waals surface area contributed by atoms with Crippen molar-refractivity contribution >= 4 is 5.78 Å². The Morgan fingerprint density at radius 3 is 2.53 bits per heavy atom. The molecule has 0 spiro atoms. The van der Waals surface area contributed by atoms with Crippen molar-refractivity contribution in [1.29, 1.82) is 0 Å². The highest BCUT2D eigenvalue weighted by atomic mass is 16.1. The Morgan fingerprint density at radius 1 is 1.21 bits per heavy atom. The van der Waals surface area contributed by atoms with Crippen LogP contribution in [-0.4, -0.2) is 36.9 Å². The Morgan fingerprint density at radius 2 is 1.89 bits per heavy atom. The molecule has 3 fully saturated rings. The zero-order chi connectivity index (χ0) is 13.3. The third-order valence-corrected chi connectivity index (χ3v) is 5.16. The van der Waals surface area contributed by atoms with E-state index in [1.165, 1.54) is 37.0 Å². The largest absolute Gasteiger partial charge is 0.326 e. The summed E-state index contributed by atoms with van der Waals surface area (Å²) in [4.78, 5) is 12.3. The minimum absolute atomic E-state index is 0.427. The number of nitrogens with zero attached hydrogens (tertiary/aromatic N) is 1. The van der Waals surface area contributed by atoms with Crippen molar-refractivity contribution in [2.75, 3.05) is 26.7 Å². The molecule has 1 aromatic carbocycles. The van der Waals surface area contributed by atoms with Gasteiger partial charge < -0.3 is 4.48 Å². The molecule has 2 bridgehead atoms. The van der Waals surface area contributed by atoms with Crippen LogP contribution in [0.1, 0.15) is 24.8 Å². The molecular weight excluding hydrogens is 234 g/mol. The van der Waals surface area contributed by atoms with Crippen molar-refractivity contribution < 1.29 is 9.28 Å². The molecule has 3 heterocycles. The van der Waals surface area contributed by atoms with Gasteiger partial charge in [-0.3, -0.25) is 4.79 Å². The molecule has 0 saturated carbocycles. The van der Waals surface area contributed by atoms with E-state index < -0.39 is 0 Å². The molecule has 1 atom stereocenters. The van der Waals surface area contributed by atoms with Gasteiger partial charge in [-0.25, -0.2) is 0 Å². The monoisotopic (exact) mass is 258 g/mol. The summed E-state index contributed by atoms with van der Waals surface area (Å²) in [6.07, 6.45) is 4.08. The molecule has 3 aliphatic rings. The van der Waals surface area contributed by atoms with E-state index in [0.29, 0.717) is 18.1 Å². The van der Waals surface area contributed by atoms with Crippen molar-refractivity contribution in [3.8, 4) is 0 Å². The normalized spacial score (nSPS) is 33.3. The molecule has 19 heavy (non-hydrogen) atoms. The lowest BCUT2D eigenvalue weighted by molar-refractivity contribution is -0.929. The van der Waals surface area contributed by atoms with Crippen LogP contribution in [0.3, 0.4) is 0 Å². The first kappa shape index (κ1) is 12.9. The standard InChI is InChI=1S/C17H24NO/c1-18-9-7-15(8-10-18)16(13-18)12-17(19)11-14-5-3-2-4-6-14/h2-6,15-16H,7-13H2,1H3/q+1. The number of hydrogen-bond acceptors (Lipinski definition) is 1. The van der Waals surface area contributed by atoms with Crippen LogP contribution in [0.5, 0.6) is 0 Å². The Bertz CT molecular complexity index is 446. The van der Waals surface area contributed by atoms with Gasteiger partial charge in [-0.05, 0) is 11.5 Å². The zero-order valence-electron chi connectivity index (χ0n) is 11.8. The Balaban J connectivity index is 1.58. The highest BCUT2D eigenvalue weighted by Crippen LogP contribution is 2.38. The number of ketones is 1. The first-order chi connectivity index (χ1) is 9.15. The van der Waals surface area contributed by atoms with Gasteiger partial charge in [-0.2, -0.15) is 0 Å². The van der Waals surface area contributed by atoms with Gasteiger partial charge in [0.15, 0.2) is 0 Å². The number of rotatable bonds is 4. The average Bonchev–Trinajstić information content (AvgIpc) is 2.40. The lowest BCUT2D eigenvalue weighted by Crippen LogP contribution is -2.59. The van der Waals surface area contributed by atoms with Crippen LogP contribution >= 0.6 is 0 Å². The fourth-order valence-electron chi connectivity index (χ4n) is 4.00. The number of benzene rings is 1. The quantitative estimate of drug-likeness (QED) is 0.759. The summed E-state index contributed by atoms with van der Waals surface area (Å²) >= 11 is 0. The molecule has 0 amide bonds. The summed E-state index contributed by atoms with van der Waals surface area (Å²) in [5.41, 5.74) is 1.16. The number of carbonyl (C=O) groups is 1. The minimum Gasteiger partial charge on any atom is -0.326 e. The van der Waals surface area contributed by atoms with Crippen LogP contribution in [0.2, 0.25) is 0 Å². The lowest BCUT2D eigenvalue weighted by atomic mass is 9.75. The summed E-state index contributed by atoms with van der Waals surface area (Å²) in [6, 6.07) is 10.2. The zero-order valence-corrected chi connectivity index (χ0v) is 11.8. The molecule has 1 aromatic rings. The summed E-state index contributed by atoms with van der Waals surface area (Å²) in [6.45, 7) is 3.88. The second kappa shape index (κ2) is 5.09. The molecular formula is C17H24NO+. The first-order valence-electron chi connectivity index (χ1n) is 7.54. The summed E-state index contributed by atoms with van der Waals surface area (Å²) in [5, 5.41) is 0. The van der Waals surface area contributed by atoms with Gasteiger partial charge >= 0.3 is 0 Å². The summed E-state index contributed by atoms with van der Waals surface area (Å²) < 4.78 is 1.21. The third-order valence-electron chi connectivity index (χ3n) is 5.16. The number of Topliss-reactive ketones (excluding diaryl/α,β-unsaturated/α-hetero) is 1. The lowest BCUT2D eigenvalue weighted by Gasteiger charge is -2.50. The van der Waals surface area contributed by atoms with Gasteiger partial charge in [0.2, 0.25) is 0 Å². The van der Waals surface area contributed by atoms with Crippen LogP contribution in [0.25, 0.3) is 0 Å². The number of piperidine rings is 3. The maximum atomic E-state index is 12.3. The molecule has 0 radical (unpaired) electrons. The van der Waals surface area contributed by atoms with Crippen LogP contribution in [0.15, 0.2) is 30.3 Å². The van der Waals surface area contributed by atoms with Gasteiger partial charge in [0.05, 0.1) is 26.7 Å². The van der Waals surface area contributed by atoms with E-state index in [2.05, 4.69) is 19.2 Å². The van der Waals surface area contributed by atoms with Crippen molar-refractivity contribution in [3.05, 3.63) is 35.9 Å². The molecule has 2 heteroatoms. The number of fused-ring (bicyclic) bond motifs is 3. The van der Waals surface area contributed by atoms with Gasteiger partial charge in [0.25, 0.3) is 0 Å². The van der Waals surface area contributed by atoms with Crippen LogP contribution in [0, 0.1) is 11.8 Å². The fourth-order valence-corrected chi connectivity index (χ4v) is 4.00. The second-order valence-electron chi connectivity index (χ2n) is 6.75. The van der Waals surface area contributed by atoms with E-state index in [1.54, 1.807) is 0 Å². The van der Waals surface area contributed by atoms with E-state index in [0.717, 1.165) is 17.9 Å². The van der Waals surface area contributed by atoms with Crippen molar-refractivity contribution in [3.63, 3.8) is 0 Å². The van der Waals surface area contributed by atoms with E-state index in [1.807, 2.05) is 18.2 Å². The van der Waals surface area contributed by atoms with Crippen LogP contribution in [0.4, 0.5) is 0 Å². The smallest absolute Gasteiger partial charge is 0.137 e. The van der Waals surface area contributed by atoms with E-state index in [-0.39, 0.29) is 0 Å². The molecule has 2 nitrogen and oxygen atoms in total. The average molecular weight is 258 g/mol. The van der Waals surface area contributed by atoms with Gasteiger partial charge in [0, 0.05) is 31.6 Å². The van der Waals surface area contributed by atoms with Crippen LogP contribution < -0.4 is 0 Å². The number of hydrogen-bond donors (Lipinski definition) is 0. The molecule has 0 N–H and O–H groups in total. The van der Waals surface area contributed by atoms with Crippen LogP contribution in [-0.2, 0) is 11.2 Å². The topological polar surface area (TPSA) is 17.1 Å². The molecule has 4 rings (SSSR count). The van der Waals surface area contributed by atoms with Gasteiger partial charge in [-0.1, -0.05) is 30.3 Å². The number of carbonyl (C=O) groups excluding carboxylic acids is 1. The summed E-state index contributed by atoms with van der Waals surface area (Å²) in [5.74, 6) is 1.89. The van der Waals surface area contributed by atoms with Gasteiger partial charge in [0.1, 0.15) is 5.78 Å². The Kier molecular flexibility index (Phi) is 3.44. The highest BCUT2D eigenvalue weighted by Gasteiger charge is 2.43. The number of quaternary nitrogens is 1. The van der Waals surface area contributed by atoms with E-state index >= 15 is 0 Å². The van der Waals surface area contributed by atoms with Crippen molar-refractivity contribution in [2.24, 2.45) is 11.8 Å². The molecule has 0 aliphatic carbocycles. The first-order valence-corrected chi connectivity index (χ1v) is 7.54. The molecule has 3 saturated heterocycles. The molecule has 102 valence electrons. The Hall–Kier alpha value is -1.15.